The molecular formula is C10H10ClNO2S. The fourth-order valence-electron chi connectivity index (χ4n) is 0.891. The van der Waals surface area contributed by atoms with Crippen molar-refractivity contribution >= 4 is 34.6 Å². The van der Waals surface area contributed by atoms with Crippen LogP contribution in [0, 0.1) is 0 Å². The molecule has 0 aliphatic rings. The minimum absolute atomic E-state index is 0.0583. The molecule has 5 heteroatoms. The van der Waals surface area contributed by atoms with Crippen LogP contribution in [0.25, 0.3) is 6.08 Å². The molecule has 0 aliphatic carbocycles. The van der Waals surface area contributed by atoms with Crippen molar-refractivity contribution in [1.82, 2.24) is 4.98 Å². The number of carbonyl (C=O) groups is 1. The van der Waals surface area contributed by atoms with Crippen LogP contribution in [-0.4, -0.2) is 21.0 Å². The number of hydrogen-bond acceptors (Lipinski definition) is 4. The number of hydrogen-bond donors (Lipinski definition) is 1. The molecular weight excluding hydrogens is 234 g/mol. The van der Waals surface area contributed by atoms with Gasteiger partial charge >= 0.3 is 0 Å². The van der Waals surface area contributed by atoms with Crippen LogP contribution in [0.4, 0.5) is 0 Å². The summed E-state index contributed by atoms with van der Waals surface area (Å²) in [5.41, 5.74) is 0.409. The van der Waals surface area contributed by atoms with Gasteiger partial charge in [-0.2, -0.15) is 0 Å². The lowest BCUT2D eigenvalue weighted by atomic mass is 10.3. The predicted octanol–water partition coefficient (Wildman–Crippen LogP) is 2.73. The molecule has 0 atom stereocenters. The molecule has 1 N–H and O–H groups in total. The van der Waals surface area contributed by atoms with Crippen LogP contribution in [0.15, 0.2) is 18.2 Å². The monoisotopic (exact) mass is 243 g/mol. The third-order valence-corrected chi connectivity index (χ3v) is 2.50. The molecule has 1 aromatic rings. The molecule has 1 rings (SSSR count). The Kier molecular flexibility index (Phi) is 4.65. The smallest absolute Gasteiger partial charge is 0.186 e. The lowest BCUT2D eigenvalue weighted by Gasteiger charge is -1.97. The van der Waals surface area contributed by atoms with Crippen molar-refractivity contribution in [2.24, 2.45) is 0 Å². The van der Waals surface area contributed by atoms with Crippen molar-refractivity contribution in [3.05, 3.63) is 29.1 Å². The zero-order chi connectivity index (χ0) is 11.3. The van der Waals surface area contributed by atoms with Gasteiger partial charge in [-0.1, -0.05) is 29.4 Å². The van der Waals surface area contributed by atoms with Crippen molar-refractivity contribution < 1.29 is 9.90 Å². The highest BCUT2D eigenvalue weighted by Gasteiger charge is 1.99. The minimum Gasteiger partial charge on any atom is -0.506 e. The number of aromatic nitrogens is 1. The van der Waals surface area contributed by atoms with Crippen molar-refractivity contribution in [2.45, 2.75) is 6.92 Å². The number of carbonyl (C=O) groups excluding carboxylic acids is 1. The first kappa shape index (κ1) is 12.1. The summed E-state index contributed by atoms with van der Waals surface area (Å²) in [6.07, 6.45) is 3.39. The largest absolute Gasteiger partial charge is 0.506 e. The van der Waals surface area contributed by atoms with E-state index in [0.29, 0.717) is 16.6 Å². The Morgan fingerprint density at radius 1 is 1.67 bits per heavy atom. The Morgan fingerprint density at radius 2 is 2.40 bits per heavy atom. The molecule has 3 nitrogen and oxygen atoms in total. The molecule has 0 aliphatic heterocycles. The summed E-state index contributed by atoms with van der Waals surface area (Å²) < 4.78 is 0. The Morgan fingerprint density at radius 3 is 3.07 bits per heavy atom. The van der Waals surface area contributed by atoms with Gasteiger partial charge in [0, 0.05) is 12.7 Å². The zero-order valence-corrected chi connectivity index (χ0v) is 9.68. The molecule has 0 aromatic carbocycles. The number of rotatable bonds is 3. The zero-order valence-electron chi connectivity index (χ0n) is 8.11. The van der Waals surface area contributed by atoms with Crippen LogP contribution in [0.1, 0.15) is 12.6 Å². The summed E-state index contributed by atoms with van der Waals surface area (Å²) in [6, 6.07) is 2.99. The third-order valence-electron chi connectivity index (χ3n) is 1.53. The number of aromatic hydroxyl groups is 1. The van der Waals surface area contributed by atoms with Crippen LogP contribution < -0.4 is 0 Å². The van der Waals surface area contributed by atoms with E-state index < -0.39 is 0 Å². The summed E-state index contributed by atoms with van der Waals surface area (Å²) in [4.78, 5) is 14.5. The van der Waals surface area contributed by atoms with Crippen LogP contribution in [0.3, 0.4) is 0 Å². The highest BCUT2D eigenvalue weighted by Crippen LogP contribution is 2.18. The first-order chi connectivity index (χ1) is 7.09. The second kappa shape index (κ2) is 5.78. The normalized spacial score (nSPS) is 10.8. The van der Waals surface area contributed by atoms with Crippen LogP contribution in [0.5, 0.6) is 5.75 Å². The van der Waals surface area contributed by atoms with Gasteiger partial charge in [0.15, 0.2) is 5.12 Å². The Labute approximate surface area is 97.2 Å². The van der Waals surface area contributed by atoms with Crippen molar-refractivity contribution in [1.29, 1.82) is 0 Å². The second-order valence-corrected chi connectivity index (χ2v) is 4.33. The first-order valence-corrected chi connectivity index (χ1v) is 5.61. The van der Waals surface area contributed by atoms with Crippen LogP contribution in [0.2, 0.25) is 5.15 Å². The van der Waals surface area contributed by atoms with Gasteiger partial charge in [-0.3, -0.25) is 4.79 Å². The van der Waals surface area contributed by atoms with Gasteiger partial charge < -0.3 is 5.11 Å². The lowest BCUT2D eigenvalue weighted by Crippen LogP contribution is -1.84. The average molecular weight is 244 g/mol. The molecule has 15 heavy (non-hydrogen) atoms. The van der Waals surface area contributed by atoms with Gasteiger partial charge in [0.05, 0.1) is 0 Å². The lowest BCUT2D eigenvalue weighted by molar-refractivity contribution is -0.109. The van der Waals surface area contributed by atoms with Crippen LogP contribution in [-0.2, 0) is 4.79 Å². The van der Waals surface area contributed by atoms with E-state index in [-0.39, 0.29) is 10.9 Å². The van der Waals surface area contributed by atoms with Gasteiger partial charge in [0.2, 0.25) is 0 Å². The highest BCUT2D eigenvalue weighted by molar-refractivity contribution is 8.13. The topological polar surface area (TPSA) is 50.2 Å². The Balaban J connectivity index is 2.63. The summed E-state index contributed by atoms with van der Waals surface area (Å²) in [5.74, 6) is 0.631. The maximum Gasteiger partial charge on any atom is 0.186 e. The van der Waals surface area contributed by atoms with E-state index in [1.165, 1.54) is 30.8 Å². The van der Waals surface area contributed by atoms with Gasteiger partial charge in [-0.05, 0) is 18.2 Å². The van der Waals surface area contributed by atoms with E-state index in [2.05, 4.69) is 4.98 Å². The first-order valence-electron chi connectivity index (χ1n) is 4.25. The SMILES string of the molecule is CC(=O)SCC=Cc1nc(Cl)ccc1O. The molecule has 80 valence electrons. The van der Waals surface area contributed by atoms with Crippen molar-refractivity contribution in [3.8, 4) is 5.75 Å². The van der Waals surface area contributed by atoms with E-state index in [1.54, 1.807) is 12.2 Å². The van der Waals surface area contributed by atoms with E-state index in [0.717, 1.165) is 0 Å². The van der Waals surface area contributed by atoms with Gasteiger partial charge in [0.25, 0.3) is 0 Å². The quantitative estimate of drug-likeness (QED) is 0.830. The van der Waals surface area contributed by atoms with Crippen molar-refractivity contribution in [2.75, 3.05) is 5.75 Å². The number of pyridine rings is 1. The number of thioether (sulfide) groups is 1. The Hall–Kier alpha value is -1.00. The second-order valence-electron chi connectivity index (χ2n) is 2.74. The Bertz CT molecular complexity index is 393. The molecule has 0 bridgehead atoms. The molecule has 0 saturated heterocycles. The fourth-order valence-corrected chi connectivity index (χ4v) is 1.47. The maximum absolute atomic E-state index is 10.6. The molecule has 0 spiro atoms. The number of halogens is 1. The maximum atomic E-state index is 10.6. The molecule has 0 amide bonds. The van der Waals surface area contributed by atoms with E-state index >= 15 is 0 Å². The predicted molar refractivity (Wildman–Crippen MR) is 63.1 cm³/mol. The molecule has 1 aromatic heterocycles. The minimum atomic E-state index is 0.0583. The molecule has 0 radical (unpaired) electrons. The fraction of sp³-hybridized carbons (Fsp3) is 0.200. The standard InChI is InChI=1S/C10H10ClNO2S/c1-7(13)15-6-2-3-8-9(14)4-5-10(11)12-8/h2-5,14H,6H2,1H3. The van der Waals surface area contributed by atoms with Crippen LogP contribution >= 0.6 is 23.4 Å². The molecule has 0 fully saturated rings. The summed E-state index contributed by atoms with van der Waals surface area (Å²) in [5, 5.41) is 9.78. The van der Waals surface area contributed by atoms with Crippen molar-refractivity contribution in [3.63, 3.8) is 0 Å². The molecule has 0 saturated carbocycles. The van der Waals surface area contributed by atoms with E-state index in [1.807, 2.05) is 0 Å². The highest BCUT2D eigenvalue weighted by atomic mass is 35.5. The van der Waals surface area contributed by atoms with Gasteiger partial charge in [-0.15, -0.1) is 0 Å². The summed E-state index contributed by atoms with van der Waals surface area (Å²) >= 11 is 6.86. The van der Waals surface area contributed by atoms with Gasteiger partial charge in [0.1, 0.15) is 16.6 Å². The number of nitrogens with zero attached hydrogens (tertiary/aromatic N) is 1. The van der Waals surface area contributed by atoms with Gasteiger partial charge in [-0.25, -0.2) is 4.98 Å². The third kappa shape index (κ3) is 4.36. The molecule has 0 unspecified atom stereocenters. The molecule has 1 heterocycles. The van der Waals surface area contributed by atoms with E-state index in [4.69, 9.17) is 11.6 Å². The summed E-state index contributed by atoms with van der Waals surface area (Å²) in [7, 11) is 0. The summed E-state index contributed by atoms with van der Waals surface area (Å²) in [6.45, 7) is 1.51. The van der Waals surface area contributed by atoms with E-state index in [9.17, 15) is 9.90 Å². The average Bonchev–Trinajstić information content (AvgIpc) is 2.17.